The molecule has 1 aliphatic rings. The summed E-state index contributed by atoms with van der Waals surface area (Å²) in [5.41, 5.74) is 3.25. The molecule has 0 N–H and O–H groups in total. The van der Waals surface area contributed by atoms with Crippen LogP contribution in [0.5, 0.6) is 0 Å². The molecule has 0 amide bonds. The van der Waals surface area contributed by atoms with E-state index in [2.05, 4.69) is 31.1 Å². The molecule has 92 valence electrons. The average molecular weight is 265 g/mol. The molecular weight excluding hydrogens is 253 g/mol. The summed E-state index contributed by atoms with van der Waals surface area (Å²) in [5, 5.41) is 9.11. The molecule has 1 aliphatic heterocycles. The van der Waals surface area contributed by atoms with E-state index < -0.39 is 0 Å². The Morgan fingerprint density at radius 2 is 2.11 bits per heavy atom. The van der Waals surface area contributed by atoms with E-state index in [9.17, 15) is 0 Å². The molecule has 2 aromatic rings. The topological polar surface area (TPSA) is 33.0 Å². The van der Waals surface area contributed by atoms with Gasteiger partial charge in [-0.1, -0.05) is 42.9 Å². The van der Waals surface area contributed by atoms with Gasteiger partial charge in [0.05, 0.1) is 12.2 Å². The summed E-state index contributed by atoms with van der Waals surface area (Å²) >= 11 is 1.63. The molecule has 2 aromatic carbocycles. The first-order chi connectivity index (χ1) is 9.28. The molecule has 1 heterocycles. The number of hydrogen-bond donors (Lipinski definition) is 0. The highest BCUT2D eigenvalue weighted by molar-refractivity contribution is 7.99. The Labute approximate surface area is 117 Å². The predicted molar refractivity (Wildman–Crippen MR) is 77.8 cm³/mol. The van der Waals surface area contributed by atoms with Crippen LogP contribution < -0.4 is 5.46 Å². The van der Waals surface area contributed by atoms with E-state index in [1.807, 2.05) is 24.3 Å². The molecule has 0 bridgehead atoms. The SMILES string of the molecule is CB1OCc2ccc(Sc3ccccc3C#N)cc21. The number of benzene rings is 2. The molecule has 0 atom stereocenters. The molecule has 0 spiro atoms. The minimum absolute atomic E-state index is 0.168. The summed E-state index contributed by atoms with van der Waals surface area (Å²) in [5.74, 6) is 0. The lowest BCUT2D eigenvalue weighted by Gasteiger charge is -2.06. The molecule has 4 heteroatoms. The maximum atomic E-state index is 9.11. The highest BCUT2D eigenvalue weighted by Gasteiger charge is 2.23. The van der Waals surface area contributed by atoms with Crippen molar-refractivity contribution in [2.24, 2.45) is 0 Å². The molecule has 0 unspecified atom stereocenters. The lowest BCUT2D eigenvalue weighted by molar-refractivity contribution is 0.333. The first-order valence-electron chi connectivity index (χ1n) is 6.19. The normalized spacial score (nSPS) is 13.2. The fourth-order valence-corrected chi connectivity index (χ4v) is 3.17. The van der Waals surface area contributed by atoms with Crippen LogP contribution in [0.4, 0.5) is 0 Å². The third kappa shape index (κ3) is 2.40. The maximum absolute atomic E-state index is 9.11. The summed E-state index contributed by atoms with van der Waals surface area (Å²) in [6.45, 7) is 2.95. The molecule has 0 saturated carbocycles. The van der Waals surface area contributed by atoms with Crippen molar-refractivity contribution in [3.8, 4) is 6.07 Å². The Kier molecular flexibility index (Phi) is 3.33. The van der Waals surface area contributed by atoms with E-state index in [1.165, 1.54) is 11.0 Å². The second kappa shape index (κ2) is 5.12. The Hall–Kier alpha value is -1.70. The van der Waals surface area contributed by atoms with Gasteiger partial charge in [0.2, 0.25) is 0 Å². The number of fused-ring (bicyclic) bond motifs is 1. The molecule has 3 rings (SSSR count). The van der Waals surface area contributed by atoms with Crippen molar-refractivity contribution < 1.29 is 4.65 Å². The van der Waals surface area contributed by atoms with Crippen LogP contribution >= 0.6 is 11.8 Å². The molecule has 0 fully saturated rings. The van der Waals surface area contributed by atoms with Gasteiger partial charge in [0.15, 0.2) is 0 Å². The summed E-state index contributed by atoms with van der Waals surface area (Å²) in [6, 6.07) is 16.3. The monoisotopic (exact) mass is 265 g/mol. The fourth-order valence-electron chi connectivity index (χ4n) is 2.23. The third-order valence-corrected chi connectivity index (χ3v) is 4.35. The lowest BCUT2D eigenvalue weighted by atomic mass is 9.64. The van der Waals surface area contributed by atoms with Crippen molar-refractivity contribution in [3.05, 3.63) is 53.6 Å². The van der Waals surface area contributed by atoms with Crippen LogP contribution in [0.25, 0.3) is 0 Å². The van der Waals surface area contributed by atoms with Crippen molar-refractivity contribution in [3.63, 3.8) is 0 Å². The van der Waals surface area contributed by atoms with Gasteiger partial charge in [0.1, 0.15) is 6.07 Å². The van der Waals surface area contributed by atoms with Crippen molar-refractivity contribution in [1.82, 2.24) is 0 Å². The van der Waals surface area contributed by atoms with Crippen LogP contribution in [0.1, 0.15) is 11.1 Å². The van der Waals surface area contributed by atoms with E-state index in [-0.39, 0.29) is 6.92 Å². The summed E-state index contributed by atoms with van der Waals surface area (Å²) in [6.07, 6.45) is 0. The first-order valence-corrected chi connectivity index (χ1v) is 7.01. The smallest absolute Gasteiger partial charge is 0.324 e. The van der Waals surface area contributed by atoms with Crippen LogP contribution in [0, 0.1) is 11.3 Å². The summed E-state index contributed by atoms with van der Waals surface area (Å²) < 4.78 is 5.61. The van der Waals surface area contributed by atoms with Crippen molar-refractivity contribution in [2.45, 2.75) is 23.2 Å². The van der Waals surface area contributed by atoms with E-state index in [1.54, 1.807) is 11.8 Å². The van der Waals surface area contributed by atoms with Gasteiger partial charge in [0.25, 0.3) is 0 Å². The lowest BCUT2D eigenvalue weighted by Crippen LogP contribution is -2.24. The zero-order chi connectivity index (χ0) is 13.2. The Morgan fingerprint density at radius 1 is 1.26 bits per heavy atom. The number of hydrogen-bond acceptors (Lipinski definition) is 3. The largest absolute Gasteiger partial charge is 0.427 e. The number of nitrogens with zero attached hydrogens (tertiary/aromatic N) is 1. The van der Waals surface area contributed by atoms with Gasteiger partial charge in [-0.25, -0.2) is 0 Å². The molecule has 0 aromatic heterocycles. The Balaban J connectivity index is 1.92. The first kappa shape index (κ1) is 12.3. The molecular formula is C15H12BNOS. The second-order valence-electron chi connectivity index (χ2n) is 4.52. The standard InChI is InChI=1S/C15H12BNOS/c1-16-14-8-13(7-6-12(14)10-18-16)19-15-5-3-2-4-11(15)9-17/h2-8H,10H2,1H3. The summed E-state index contributed by atoms with van der Waals surface area (Å²) in [4.78, 5) is 2.15. The molecule has 2 nitrogen and oxygen atoms in total. The highest BCUT2D eigenvalue weighted by atomic mass is 32.2. The van der Waals surface area contributed by atoms with Gasteiger partial charge >= 0.3 is 6.92 Å². The molecule has 0 saturated heterocycles. The quantitative estimate of drug-likeness (QED) is 0.782. The molecule has 19 heavy (non-hydrogen) atoms. The highest BCUT2D eigenvalue weighted by Crippen LogP contribution is 2.30. The van der Waals surface area contributed by atoms with Gasteiger partial charge < -0.3 is 4.65 Å². The third-order valence-electron chi connectivity index (χ3n) is 3.28. The average Bonchev–Trinajstić information content (AvgIpc) is 2.81. The van der Waals surface area contributed by atoms with Gasteiger partial charge in [-0.05, 0) is 29.2 Å². The fraction of sp³-hybridized carbons (Fsp3) is 0.133. The number of rotatable bonds is 2. The van der Waals surface area contributed by atoms with Crippen LogP contribution in [-0.4, -0.2) is 6.92 Å². The number of nitriles is 1. The maximum Gasteiger partial charge on any atom is 0.324 e. The van der Waals surface area contributed by atoms with Gasteiger partial charge in [-0.2, -0.15) is 5.26 Å². The van der Waals surface area contributed by atoms with Crippen LogP contribution in [-0.2, 0) is 11.3 Å². The minimum atomic E-state index is 0.168. The van der Waals surface area contributed by atoms with Crippen molar-refractivity contribution in [2.75, 3.05) is 0 Å². The zero-order valence-electron chi connectivity index (χ0n) is 10.6. The van der Waals surface area contributed by atoms with E-state index in [0.717, 1.165) is 15.4 Å². The zero-order valence-corrected chi connectivity index (χ0v) is 11.4. The van der Waals surface area contributed by atoms with Crippen molar-refractivity contribution >= 4 is 24.1 Å². The van der Waals surface area contributed by atoms with Gasteiger partial charge in [-0.15, -0.1) is 0 Å². The van der Waals surface area contributed by atoms with Crippen molar-refractivity contribution in [1.29, 1.82) is 5.26 Å². The van der Waals surface area contributed by atoms with E-state index in [4.69, 9.17) is 9.92 Å². The van der Waals surface area contributed by atoms with Gasteiger partial charge in [0, 0.05) is 9.79 Å². The van der Waals surface area contributed by atoms with Crippen LogP contribution in [0.15, 0.2) is 52.3 Å². The molecule has 0 radical (unpaired) electrons. The second-order valence-corrected chi connectivity index (χ2v) is 5.64. The Bertz CT molecular complexity index is 665. The summed E-state index contributed by atoms with van der Waals surface area (Å²) in [7, 11) is 0. The van der Waals surface area contributed by atoms with Crippen LogP contribution in [0.2, 0.25) is 6.82 Å². The van der Waals surface area contributed by atoms with Crippen LogP contribution in [0.3, 0.4) is 0 Å². The Morgan fingerprint density at radius 3 is 2.95 bits per heavy atom. The molecule has 0 aliphatic carbocycles. The predicted octanol–water partition coefficient (Wildman–Crippen LogP) is 3.07. The minimum Gasteiger partial charge on any atom is -0.427 e. The van der Waals surface area contributed by atoms with E-state index in [0.29, 0.717) is 6.61 Å². The van der Waals surface area contributed by atoms with Gasteiger partial charge in [-0.3, -0.25) is 0 Å². The van der Waals surface area contributed by atoms with E-state index >= 15 is 0 Å².